The van der Waals surface area contributed by atoms with Crippen LogP contribution in [0.2, 0.25) is 0 Å². The van der Waals surface area contributed by atoms with E-state index in [-0.39, 0.29) is 6.61 Å². The number of ether oxygens (including phenoxy) is 2. The van der Waals surface area contributed by atoms with Crippen molar-refractivity contribution in [2.75, 3.05) is 6.61 Å². The maximum atomic E-state index is 11.4. The van der Waals surface area contributed by atoms with Crippen molar-refractivity contribution in [2.24, 2.45) is 0 Å². The van der Waals surface area contributed by atoms with Gasteiger partial charge in [0.1, 0.15) is 12.2 Å². The predicted octanol–water partition coefficient (Wildman–Crippen LogP) is 1.63. The number of hydrogen-bond donors (Lipinski definition) is 1. The molecule has 5 heteroatoms. The van der Waals surface area contributed by atoms with Gasteiger partial charge in [0.15, 0.2) is 0 Å². The Kier molecular flexibility index (Phi) is 5.56. The first kappa shape index (κ1) is 14.5. The molecule has 0 heterocycles. The van der Waals surface area contributed by atoms with Gasteiger partial charge >= 0.3 is 12.1 Å². The fraction of sp³-hybridized carbons (Fsp3) is 0.636. The minimum atomic E-state index is -0.565. The van der Waals surface area contributed by atoms with Crippen LogP contribution in [0.25, 0.3) is 0 Å². The van der Waals surface area contributed by atoms with E-state index in [0.717, 1.165) is 0 Å². The van der Waals surface area contributed by atoms with Gasteiger partial charge in [-0.15, -0.1) is 6.58 Å². The van der Waals surface area contributed by atoms with Crippen molar-refractivity contribution in [3.63, 3.8) is 0 Å². The lowest BCUT2D eigenvalue weighted by atomic mass is 10.2. The summed E-state index contributed by atoms with van der Waals surface area (Å²) >= 11 is 0. The average Bonchev–Trinajstić information content (AvgIpc) is 2.08. The number of rotatable bonds is 4. The number of carbonyl (C=O) groups excluding carboxylic acids is 2. The lowest BCUT2D eigenvalue weighted by Crippen LogP contribution is -2.40. The normalized spacial score (nSPS) is 12.5. The second-order valence-electron chi connectivity index (χ2n) is 4.29. The summed E-state index contributed by atoms with van der Waals surface area (Å²) in [5.41, 5.74) is -0.558. The summed E-state index contributed by atoms with van der Waals surface area (Å²) in [6, 6.07) is -0.446. The van der Waals surface area contributed by atoms with E-state index in [1.54, 1.807) is 20.8 Å². The molecule has 0 spiro atoms. The molecular weight excluding hydrogens is 210 g/mol. The zero-order valence-corrected chi connectivity index (χ0v) is 10.2. The summed E-state index contributed by atoms with van der Waals surface area (Å²) in [5, 5.41) is 2.52. The van der Waals surface area contributed by atoms with Crippen molar-refractivity contribution in [2.45, 2.75) is 39.3 Å². The predicted molar refractivity (Wildman–Crippen MR) is 60.0 cm³/mol. The van der Waals surface area contributed by atoms with Gasteiger partial charge in [0.25, 0.3) is 0 Å². The zero-order valence-electron chi connectivity index (χ0n) is 10.2. The second-order valence-corrected chi connectivity index (χ2v) is 4.29. The molecule has 0 aliphatic rings. The van der Waals surface area contributed by atoms with E-state index in [9.17, 15) is 9.59 Å². The van der Waals surface area contributed by atoms with Crippen molar-refractivity contribution in [3.05, 3.63) is 12.7 Å². The Hall–Kier alpha value is -1.52. The summed E-state index contributed by atoms with van der Waals surface area (Å²) in [6.07, 6.45) is 0.914. The molecule has 0 unspecified atom stereocenters. The maximum absolute atomic E-state index is 11.4. The minimum Gasteiger partial charge on any atom is -0.463 e. The highest BCUT2D eigenvalue weighted by Crippen LogP contribution is 2.06. The summed E-state index contributed by atoms with van der Waals surface area (Å²) in [7, 11) is 0. The van der Waals surface area contributed by atoms with Crippen LogP contribution < -0.4 is 5.32 Å². The first-order chi connectivity index (χ1) is 7.24. The smallest absolute Gasteiger partial charge is 0.408 e. The first-order valence-electron chi connectivity index (χ1n) is 5.00. The summed E-state index contributed by atoms with van der Waals surface area (Å²) < 4.78 is 9.78. The molecule has 0 rings (SSSR count). The van der Waals surface area contributed by atoms with E-state index in [0.29, 0.717) is 0 Å². The Labute approximate surface area is 95.8 Å². The van der Waals surface area contributed by atoms with Gasteiger partial charge in [-0.1, -0.05) is 6.08 Å². The molecule has 92 valence electrons. The monoisotopic (exact) mass is 229 g/mol. The third-order valence-corrected chi connectivity index (χ3v) is 1.45. The quantitative estimate of drug-likeness (QED) is 0.587. The molecule has 5 nitrogen and oxygen atoms in total. The minimum absolute atomic E-state index is 0.0536. The highest BCUT2D eigenvalue weighted by Gasteiger charge is 2.18. The molecule has 0 fully saturated rings. The van der Waals surface area contributed by atoms with Gasteiger partial charge in [-0.05, 0) is 20.8 Å². The topological polar surface area (TPSA) is 64.6 Å². The summed E-state index contributed by atoms with van der Waals surface area (Å²) in [6.45, 7) is 10.2. The van der Waals surface area contributed by atoms with Gasteiger partial charge < -0.3 is 14.8 Å². The lowest BCUT2D eigenvalue weighted by Gasteiger charge is -2.22. The Bertz CT molecular complexity index is 268. The van der Waals surface area contributed by atoms with E-state index < -0.39 is 23.7 Å². The van der Waals surface area contributed by atoms with E-state index in [1.807, 2.05) is 0 Å². The SMILES string of the molecule is C=C[C@@H](COC(C)=O)NC(=O)OC(C)(C)C. The third kappa shape index (κ3) is 7.84. The summed E-state index contributed by atoms with van der Waals surface area (Å²) in [4.78, 5) is 21.9. The Balaban J connectivity index is 4.07. The highest BCUT2D eigenvalue weighted by molar-refractivity contribution is 5.69. The van der Waals surface area contributed by atoms with Gasteiger partial charge in [0.2, 0.25) is 0 Å². The number of esters is 1. The Morgan fingerprint density at radius 1 is 1.44 bits per heavy atom. The molecule has 0 radical (unpaired) electrons. The molecule has 0 saturated heterocycles. The van der Waals surface area contributed by atoms with Crippen LogP contribution in [0.3, 0.4) is 0 Å². The van der Waals surface area contributed by atoms with Crippen molar-refractivity contribution >= 4 is 12.1 Å². The van der Waals surface area contributed by atoms with Crippen molar-refractivity contribution in [3.8, 4) is 0 Å². The zero-order chi connectivity index (χ0) is 12.8. The molecule has 1 N–H and O–H groups in total. The fourth-order valence-electron chi connectivity index (χ4n) is 0.835. The Morgan fingerprint density at radius 2 is 2.00 bits per heavy atom. The van der Waals surface area contributed by atoms with E-state index in [1.165, 1.54) is 13.0 Å². The second kappa shape index (κ2) is 6.15. The molecule has 0 aromatic heterocycles. The van der Waals surface area contributed by atoms with E-state index >= 15 is 0 Å². The average molecular weight is 229 g/mol. The molecule has 0 aliphatic carbocycles. The van der Waals surface area contributed by atoms with Crippen LogP contribution in [-0.4, -0.2) is 30.3 Å². The number of hydrogen-bond acceptors (Lipinski definition) is 4. The van der Waals surface area contributed by atoms with Gasteiger partial charge in [-0.3, -0.25) is 4.79 Å². The standard InChI is InChI=1S/C11H19NO4/c1-6-9(7-15-8(2)13)12-10(14)16-11(3,4)5/h6,9H,1,7H2,2-5H3,(H,12,14)/t9-/m0/s1. The molecular formula is C11H19NO4. The number of nitrogens with one attached hydrogen (secondary N) is 1. The number of alkyl carbamates (subject to hydrolysis) is 1. The maximum Gasteiger partial charge on any atom is 0.408 e. The lowest BCUT2D eigenvalue weighted by molar-refractivity contribution is -0.141. The molecule has 0 aliphatic heterocycles. The van der Waals surface area contributed by atoms with E-state index in [4.69, 9.17) is 9.47 Å². The van der Waals surface area contributed by atoms with Crippen LogP contribution in [0.5, 0.6) is 0 Å². The molecule has 0 bridgehead atoms. The van der Waals surface area contributed by atoms with Crippen molar-refractivity contribution in [1.29, 1.82) is 0 Å². The van der Waals surface area contributed by atoms with Crippen molar-refractivity contribution < 1.29 is 19.1 Å². The molecule has 1 atom stereocenters. The van der Waals surface area contributed by atoms with Crippen LogP contribution in [0.1, 0.15) is 27.7 Å². The highest BCUT2D eigenvalue weighted by atomic mass is 16.6. The van der Waals surface area contributed by atoms with Crippen LogP contribution >= 0.6 is 0 Å². The van der Waals surface area contributed by atoms with Gasteiger partial charge in [0.05, 0.1) is 6.04 Å². The van der Waals surface area contributed by atoms with Crippen LogP contribution in [0.4, 0.5) is 4.79 Å². The molecule has 16 heavy (non-hydrogen) atoms. The number of amides is 1. The van der Waals surface area contributed by atoms with Gasteiger partial charge in [0, 0.05) is 6.92 Å². The Morgan fingerprint density at radius 3 is 2.38 bits per heavy atom. The molecule has 1 amide bonds. The van der Waals surface area contributed by atoms with Crippen LogP contribution in [-0.2, 0) is 14.3 Å². The van der Waals surface area contributed by atoms with Crippen LogP contribution in [0, 0.1) is 0 Å². The first-order valence-corrected chi connectivity index (χ1v) is 5.00. The molecule has 0 aromatic carbocycles. The van der Waals surface area contributed by atoms with Gasteiger partial charge in [-0.25, -0.2) is 4.79 Å². The molecule has 0 aromatic rings. The van der Waals surface area contributed by atoms with Crippen molar-refractivity contribution in [1.82, 2.24) is 5.32 Å². The third-order valence-electron chi connectivity index (χ3n) is 1.45. The molecule has 0 saturated carbocycles. The van der Waals surface area contributed by atoms with E-state index in [2.05, 4.69) is 11.9 Å². The number of carbonyl (C=O) groups is 2. The largest absolute Gasteiger partial charge is 0.463 e. The summed E-state index contributed by atoms with van der Waals surface area (Å²) in [5.74, 6) is -0.405. The fourth-order valence-corrected chi connectivity index (χ4v) is 0.835. The van der Waals surface area contributed by atoms with Crippen LogP contribution in [0.15, 0.2) is 12.7 Å². The van der Waals surface area contributed by atoms with Gasteiger partial charge in [-0.2, -0.15) is 0 Å².